The lowest BCUT2D eigenvalue weighted by molar-refractivity contribution is 0.0940. The number of hydrogen-bond acceptors (Lipinski definition) is 4. The molecule has 0 unspecified atom stereocenters. The Kier molecular flexibility index (Phi) is 4.57. The number of aromatic nitrogens is 2. The maximum atomic E-state index is 5.69. The average Bonchev–Trinajstić information content (AvgIpc) is 3.19. The van der Waals surface area contributed by atoms with Gasteiger partial charge in [-0.05, 0) is 36.1 Å². The Morgan fingerprint density at radius 3 is 3.22 bits per heavy atom. The first-order valence-electron chi connectivity index (χ1n) is 8.44. The van der Waals surface area contributed by atoms with Gasteiger partial charge in [0.15, 0.2) is 0 Å². The fraction of sp³-hybridized carbons (Fsp3) is 0.500. The van der Waals surface area contributed by atoms with E-state index in [9.17, 15) is 0 Å². The summed E-state index contributed by atoms with van der Waals surface area (Å²) in [6, 6.07) is 9.17. The van der Waals surface area contributed by atoms with Crippen molar-refractivity contribution in [3.05, 3.63) is 47.8 Å². The van der Waals surface area contributed by atoms with Crippen LogP contribution in [0.25, 0.3) is 0 Å². The number of fused-ring (bicyclic) bond motifs is 1. The highest BCUT2D eigenvalue weighted by Gasteiger charge is 2.20. The van der Waals surface area contributed by atoms with Gasteiger partial charge in [0.1, 0.15) is 0 Å². The number of thioether (sulfide) groups is 1. The molecule has 0 amide bonds. The highest BCUT2D eigenvalue weighted by Crippen LogP contribution is 2.30. The molecule has 4 rings (SSSR count). The van der Waals surface area contributed by atoms with Crippen LogP contribution in [0.1, 0.15) is 30.0 Å². The van der Waals surface area contributed by atoms with Gasteiger partial charge in [0, 0.05) is 18.6 Å². The zero-order chi connectivity index (χ0) is 15.5. The highest BCUT2D eigenvalue weighted by molar-refractivity contribution is 7.99. The summed E-state index contributed by atoms with van der Waals surface area (Å²) in [5, 5.41) is 8.17. The molecule has 1 aromatic heterocycles. The first-order chi connectivity index (χ1) is 11.4. The molecule has 5 heteroatoms. The van der Waals surface area contributed by atoms with Crippen LogP contribution < -0.4 is 5.32 Å². The van der Waals surface area contributed by atoms with Crippen LogP contribution in [0.4, 0.5) is 5.69 Å². The third kappa shape index (κ3) is 3.56. The molecular weight excluding hydrogens is 306 g/mol. The second-order valence-electron chi connectivity index (χ2n) is 6.31. The zero-order valence-corrected chi connectivity index (χ0v) is 14.1. The molecule has 0 saturated carbocycles. The summed E-state index contributed by atoms with van der Waals surface area (Å²) < 4.78 is 7.70. The fourth-order valence-electron chi connectivity index (χ4n) is 3.43. The lowest BCUT2D eigenvalue weighted by atomic mass is 9.99. The van der Waals surface area contributed by atoms with Crippen molar-refractivity contribution in [2.75, 3.05) is 23.4 Å². The van der Waals surface area contributed by atoms with Gasteiger partial charge in [-0.15, -0.1) is 0 Å². The van der Waals surface area contributed by atoms with Gasteiger partial charge in [-0.1, -0.05) is 24.3 Å². The Morgan fingerprint density at radius 1 is 1.35 bits per heavy atom. The highest BCUT2D eigenvalue weighted by atomic mass is 32.2. The molecule has 3 heterocycles. The number of rotatable bonds is 4. The minimum Gasteiger partial charge on any atom is -0.376 e. The lowest BCUT2D eigenvalue weighted by Crippen LogP contribution is -2.15. The Hall–Kier alpha value is -1.46. The van der Waals surface area contributed by atoms with E-state index in [0.717, 1.165) is 37.4 Å². The molecule has 0 radical (unpaired) electrons. The Bertz CT molecular complexity index is 651. The summed E-state index contributed by atoms with van der Waals surface area (Å²) in [5.41, 5.74) is 4.01. The van der Waals surface area contributed by atoms with Gasteiger partial charge in [-0.25, -0.2) is 0 Å². The molecule has 4 nitrogen and oxygen atoms in total. The van der Waals surface area contributed by atoms with E-state index in [1.165, 1.54) is 23.3 Å². The van der Waals surface area contributed by atoms with Crippen LogP contribution in [-0.4, -0.2) is 34.0 Å². The van der Waals surface area contributed by atoms with Crippen LogP contribution in [0, 0.1) is 0 Å². The second kappa shape index (κ2) is 6.97. The standard InChI is InChI=1S/C18H23N3OS/c1-2-6-17-14(4-1)7-9-23-13-18(17)20-15-10-19-21(11-15)12-16-5-3-8-22-16/h1-2,4,6,10-11,16,18,20H,3,5,7-9,12-13H2/t16-,18-/m1/s1. The maximum absolute atomic E-state index is 5.69. The molecule has 1 fully saturated rings. The summed E-state index contributed by atoms with van der Waals surface area (Å²) >= 11 is 2.02. The van der Waals surface area contributed by atoms with E-state index in [-0.39, 0.29) is 0 Å². The average molecular weight is 329 g/mol. The van der Waals surface area contributed by atoms with Gasteiger partial charge < -0.3 is 10.1 Å². The van der Waals surface area contributed by atoms with Crippen molar-refractivity contribution in [2.24, 2.45) is 0 Å². The predicted molar refractivity (Wildman–Crippen MR) is 95.0 cm³/mol. The molecule has 1 saturated heterocycles. The Balaban J connectivity index is 1.46. The van der Waals surface area contributed by atoms with Gasteiger partial charge in [0.05, 0.1) is 30.6 Å². The number of nitrogens with zero attached hydrogens (tertiary/aromatic N) is 2. The summed E-state index contributed by atoms with van der Waals surface area (Å²) in [6.07, 6.45) is 7.86. The number of nitrogens with one attached hydrogen (secondary N) is 1. The first-order valence-corrected chi connectivity index (χ1v) is 9.60. The summed E-state index contributed by atoms with van der Waals surface area (Å²) in [7, 11) is 0. The number of anilines is 1. The summed E-state index contributed by atoms with van der Waals surface area (Å²) in [6.45, 7) is 1.75. The van der Waals surface area contributed by atoms with Crippen LogP contribution in [0.15, 0.2) is 36.7 Å². The van der Waals surface area contributed by atoms with Crippen molar-refractivity contribution >= 4 is 17.4 Å². The van der Waals surface area contributed by atoms with E-state index in [4.69, 9.17) is 4.74 Å². The van der Waals surface area contributed by atoms with Gasteiger partial charge >= 0.3 is 0 Å². The Labute approximate surface area is 141 Å². The molecule has 1 N–H and O–H groups in total. The lowest BCUT2D eigenvalue weighted by Gasteiger charge is -2.19. The largest absolute Gasteiger partial charge is 0.376 e. The molecule has 0 bridgehead atoms. The smallest absolute Gasteiger partial charge is 0.0771 e. The van der Waals surface area contributed by atoms with Crippen molar-refractivity contribution in [1.29, 1.82) is 0 Å². The van der Waals surface area contributed by atoms with E-state index in [1.54, 1.807) is 0 Å². The van der Waals surface area contributed by atoms with Gasteiger partial charge in [0.2, 0.25) is 0 Å². The van der Waals surface area contributed by atoms with Gasteiger partial charge in [0.25, 0.3) is 0 Å². The minimum atomic E-state index is 0.330. The van der Waals surface area contributed by atoms with Crippen molar-refractivity contribution in [3.8, 4) is 0 Å². The van der Waals surface area contributed by atoms with E-state index in [1.807, 2.05) is 22.6 Å². The van der Waals surface area contributed by atoms with Crippen LogP contribution in [-0.2, 0) is 17.7 Å². The Morgan fingerprint density at radius 2 is 2.30 bits per heavy atom. The minimum absolute atomic E-state index is 0.330. The van der Waals surface area contributed by atoms with Crippen molar-refractivity contribution in [1.82, 2.24) is 9.78 Å². The molecule has 122 valence electrons. The molecule has 2 aromatic rings. The summed E-state index contributed by atoms with van der Waals surface area (Å²) in [4.78, 5) is 0. The van der Waals surface area contributed by atoms with Crippen molar-refractivity contribution in [2.45, 2.75) is 38.0 Å². The topological polar surface area (TPSA) is 39.1 Å². The normalized spacial score (nSPS) is 24.2. The third-order valence-electron chi connectivity index (χ3n) is 4.62. The first kappa shape index (κ1) is 15.1. The SMILES string of the molecule is c1ccc2c(c1)CCSC[C@H]2Nc1cnn(C[C@H]2CCCO2)c1. The van der Waals surface area contributed by atoms with Crippen LogP contribution in [0.3, 0.4) is 0 Å². The van der Waals surface area contributed by atoms with Gasteiger partial charge in [-0.3, -0.25) is 4.68 Å². The molecule has 1 aromatic carbocycles. The number of ether oxygens (including phenoxy) is 1. The van der Waals surface area contributed by atoms with E-state index >= 15 is 0 Å². The number of hydrogen-bond donors (Lipinski definition) is 1. The molecule has 0 aliphatic carbocycles. The van der Waals surface area contributed by atoms with E-state index in [2.05, 4.69) is 40.9 Å². The number of benzene rings is 1. The molecule has 23 heavy (non-hydrogen) atoms. The van der Waals surface area contributed by atoms with Crippen LogP contribution in [0.2, 0.25) is 0 Å². The molecule has 2 aliphatic heterocycles. The van der Waals surface area contributed by atoms with Crippen LogP contribution in [0.5, 0.6) is 0 Å². The quantitative estimate of drug-likeness (QED) is 0.932. The summed E-state index contributed by atoms with van der Waals surface area (Å²) in [5.74, 6) is 2.31. The van der Waals surface area contributed by atoms with E-state index in [0.29, 0.717) is 12.1 Å². The number of aryl methyl sites for hydroxylation is 1. The van der Waals surface area contributed by atoms with Gasteiger partial charge in [-0.2, -0.15) is 16.9 Å². The molecule has 0 spiro atoms. The predicted octanol–water partition coefficient (Wildman–Crippen LogP) is 3.50. The second-order valence-corrected chi connectivity index (χ2v) is 7.46. The maximum Gasteiger partial charge on any atom is 0.0771 e. The molecule has 2 aliphatic rings. The molecular formula is C18H23N3OS. The third-order valence-corrected chi connectivity index (χ3v) is 5.68. The van der Waals surface area contributed by atoms with Crippen molar-refractivity contribution < 1.29 is 4.74 Å². The van der Waals surface area contributed by atoms with Crippen LogP contribution >= 0.6 is 11.8 Å². The van der Waals surface area contributed by atoms with Crippen molar-refractivity contribution in [3.63, 3.8) is 0 Å². The zero-order valence-electron chi connectivity index (χ0n) is 13.3. The molecule has 2 atom stereocenters. The monoisotopic (exact) mass is 329 g/mol. The van der Waals surface area contributed by atoms with E-state index < -0.39 is 0 Å². The fourth-order valence-corrected chi connectivity index (χ4v) is 4.46.